The van der Waals surface area contributed by atoms with Crippen LogP contribution in [0, 0.1) is 0 Å². The molecule has 4 nitrogen and oxygen atoms in total. The fourth-order valence-corrected chi connectivity index (χ4v) is 2.16. The van der Waals surface area contributed by atoms with Gasteiger partial charge in [-0.15, -0.1) is 0 Å². The summed E-state index contributed by atoms with van der Waals surface area (Å²) in [7, 11) is 3.60. The van der Waals surface area contributed by atoms with Crippen LogP contribution in [0.4, 0.5) is 0 Å². The molecule has 2 aromatic heterocycles. The highest BCUT2D eigenvalue weighted by atomic mass is 79.9. The van der Waals surface area contributed by atoms with Gasteiger partial charge in [0.05, 0.1) is 12.8 Å². The maximum Gasteiger partial charge on any atom is 0.270 e. The number of aryl methyl sites for hydroxylation is 1. The highest BCUT2D eigenvalue weighted by molar-refractivity contribution is 9.10. The van der Waals surface area contributed by atoms with Crippen molar-refractivity contribution in [3.05, 3.63) is 46.6 Å². The van der Waals surface area contributed by atoms with Gasteiger partial charge in [0.2, 0.25) is 0 Å². The van der Waals surface area contributed by atoms with Crippen LogP contribution in [0.2, 0.25) is 0 Å². The van der Waals surface area contributed by atoms with Crippen molar-refractivity contribution >= 4 is 21.8 Å². The number of nitrogens with zero attached hydrogens (tertiary/aromatic N) is 2. The number of carbonyl (C=O) groups is 1. The summed E-state index contributed by atoms with van der Waals surface area (Å²) < 4.78 is 7.91. The largest absolute Gasteiger partial charge is 0.467 e. The molecule has 0 radical (unpaired) electrons. The van der Waals surface area contributed by atoms with Crippen LogP contribution < -0.4 is 0 Å². The number of furan rings is 1. The molecule has 0 aromatic carbocycles. The van der Waals surface area contributed by atoms with Crippen LogP contribution in [-0.2, 0) is 13.6 Å². The van der Waals surface area contributed by atoms with E-state index in [0.717, 1.165) is 10.2 Å². The number of carbonyl (C=O) groups excluding carboxylic acids is 1. The van der Waals surface area contributed by atoms with Crippen LogP contribution in [-0.4, -0.2) is 22.4 Å². The van der Waals surface area contributed by atoms with Crippen LogP contribution in [0.3, 0.4) is 0 Å². The molecule has 0 aliphatic rings. The van der Waals surface area contributed by atoms with E-state index in [2.05, 4.69) is 15.9 Å². The van der Waals surface area contributed by atoms with E-state index in [1.807, 2.05) is 25.4 Å². The molecule has 1 amide bonds. The van der Waals surface area contributed by atoms with E-state index in [1.54, 1.807) is 28.8 Å². The molecule has 0 bridgehead atoms. The van der Waals surface area contributed by atoms with Gasteiger partial charge in [0.25, 0.3) is 5.91 Å². The summed E-state index contributed by atoms with van der Waals surface area (Å²) in [6.45, 7) is 0.467. The molecule has 90 valence electrons. The molecule has 2 rings (SSSR count). The second-order valence-electron chi connectivity index (χ2n) is 3.90. The molecular formula is C12H13BrN2O2. The smallest absolute Gasteiger partial charge is 0.270 e. The minimum atomic E-state index is -0.0328. The first kappa shape index (κ1) is 12.0. The van der Waals surface area contributed by atoms with Crippen molar-refractivity contribution in [1.29, 1.82) is 0 Å². The van der Waals surface area contributed by atoms with Crippen molar-refractivity contribution < 1.29 is 9.21 Å². The molecule has 17 heavy (non-hydrogen) atoms. The summed E-state index contributed by atoms with van der Waals surface area (Å²) in [5.41, 5.74) is 0.644. The Kier molecular flexibility index (Phi) is 3.38. The van der Waals surface area contributed by atoms with Crippen LogP contribution in [0.25, 0.3) is 0 Å². The molecule has 0 saturated heterocycles. The molecule has 0 saturated carbocycles. The van der Waals surface area contributed by atoms with Gasteiger partial charge in [-0.2, -0.15) is 0 Å². The van der Waals surface area contributed by atoms with Crippen molar-refractivity contribution in [3.8, 4) is 0 Å². The lowest BCUT2D eigenvalue weighted by Crippen LogP contribution is -2.27. The molecule has 0 aliphatic carbocycles. The lowest BCUT2D eigenvalue weighted by molar-refractivity contribution is 0.0766. The zero-order valence-electron chi connectivity index (χ0n) is 9.68. The molecule has 0 aliphatic heterocycles. The third kappa shape index (κ3) is 2.61. The predicted molar refractivity (Wildman–Crippen MR) is 67.6 cm³/mol. The van der Waals surface area contributed by atoms with Gasteiger partial charge in [-0.1, -0.05) is 0 Å². The summed E-state index contributed by atoms with van der Waals surface area (Å²) in [6.07, 6.45) is 3.46. The molecule has 0 N–H and O–H groups in total. The lowest BCUT2D eigenvalue weighted by atomic mass is 10.3. The van der Waals surface area contributed by atoms with E-state index in [-0.39, 0.29) is 5.91 Å². The van der Waals surface area contributed by atoms with Crippen LogP contribution in [0.1, 0.15) is 16.2 Å². The third-order valence-electron chi connectivity index (χ3n) is 2.51. The van der Waals surface area contributed by atoms with Gasteiger partial charge in [-0.05, 0) is 34.1 Å². The first-order valence-corrected chi connectivity index (χ1v) is 5.97. The Morgan fingerprint density at radius 1 is 1.59 bits per heavy atom. The highest BCUT2D eigenvalue weighted by Gasteiger charge is 2.16. The van der Waals surface area contributed by atoms with Gasteiger partial charge >= 0.3 is 0 Å². The normalized spacial score (nSPS) is 10.5. The Morgan fingerprint density at radius 3 is 2.88 bits per heavy atom. The first-order chi connectivity index (χ1) is 8.08. The molecule has 0 atom stereocenters. The minimum absolute atomic E-state index is 0.0328. The standard InChI is InChI=1S/C12H13BrN2O2/c1-14-7-9(13)6-11(14)12(16)15(2)8-10-4-3-5-17-10/h3-7H,8H2,1-2H3. The van der Waals surface area contributed by atoms with Gasteiger partial charge in [0.15, 0.2) is 0 Å². The molecule has 0 unspecified atom stereocenters. The zero-order valence-corrected chi connectivity index (χ0v) is 11.3. The summed E-state index contributed by atoms with van der Waals surface area (Å²) in [5, 5.41) is 0. The SMILES string of the molecule is CN(Cc1ccco1)C(=O)c1cc(Br)cn1C. The van der Waals surface area contributed by atoms with E-state index < -0.39 is 0 Å². The molecule has 0 spiro atoms. The quantitative estimate of drug-likeness (QED) is 0.873. The summed E-state index contributed by atoms with van der Waals surface area (Å²) in [4.78, 5) is 13.8. The Bertz CT molecular complexity index is 517. The number of halogens is 1. The van der Waals surface area contributed by atoms with Crippen molar-refractivity contribution in [2.75, 3.05) is 7.05 Å². The van der Waals surface area contributed by atoms with E-state index >= 15 is 0 Å². The number of rotatable bonds is 3. The second-order valence-corrected chi connectivity index (χ2v) is 4.81. The van der Waals surface area contributed by atoms with Crippen LogP contribution in [0.5, 0.6) is 0 Å². The van der Waals surface area contributed by atoms with Crippen molar-refractivity contribution in [2.24, 2.45) is 7.05 Å². The Balaban J connectivity index is 2.12. The maximum atomic E-state index is 12.1. The second kappa shape index (κ2) is 4.79. The first-order valence-electron chi connectivity index (χ1n) is 5.17. The topological polar surface area (TPSA) is 38.4 Å². The molecule has 2 aromatic rings. The number of hydrogen-bond acceptors (Lipinski definition) is 2. The van der Waals surface area contributed by atoms with Gasteiger partial charge in [0.1, 0.15) is 11.5 Å². The van der Waals surface area contributed by atoms with Crippen molar-refractivity contribution in [3.63, 3.8) is 0 Å². The van der Waals surface area contributed by atoms with Gasteiger partial charge < -0.3 is 13.9 Å². The minimum Gasteiger partial charge on any atom is -0.467 e. The van der Waals surface area contributed by atoms with E-state index in [0.29, 0.717) is 12.2 Å². The molecule has 5 heteroatoms. The lowest BCUT2D eigenvalue weighted by Gasteiger charge is -2.15. The fraction of sp³-hybridized carbons (Fsp3) is 0.250. The molecule has 2 heterocycles. The van der Waals surface area contributed by atoms with E-state index in [9.17, 15) is 4.79 Å². The summed E-state index contributed by atoms with van der Waals surface area (Å²) in [6, 6.07) is 5.47. The average molecular weight is 297 g/mol. The molecule has 0 fully saturated rings. The van der Waals surface area contributed by atoms with Gasteiger partial charge in [0, 0.05) is 24.8 Å². The number of hydrogen-bond donors (Lipinski definition) is 0. The highest BCUT2D eigenvalue weighted by Crippen LogP contribution is 2.16. The summed E-state index contributed by atoms with van der Waals surface area (Å²) in [5.74, 6) is 0.740. The third-order valence-corrected chi connectivity index (χ3v) is 2.94. The van der Waals surface area contributed by atoms with Gasteiger partial charge in [-0.3, -0.25) is 4.79 Å². The van der Waals surface area contributed by atoms with Crippen LogP contribution in [0.15, 0.2) is 39.5 Å². The number of aromatic nitrogens is 1. The van der Waals surface area contributed by atoms with E-state index in [4.69, 9.17) is 4.42 Å². The average Bonchev–Trinajstić information content (AvgIpc) is 2.87. The fourth-order valence-electron chi connectivity index (χ4n) is 1.64. The van der Waals surface area contributed by atoms with Crippen LogP contribution >= 0.6 is 15.9 Å². The zero-order chi connectivity index (χ0) is 12.4. The maximum absolute atomic E-state index is 12.1. The predicted octanol–water partition coefficient (Wildman–Crippen LogP) is 2.65. The summed E-state index contributed by atoms with van der Waals surface area (Å²) >= 11 is 3.35. The monoisotopic (exact) mass is 296 g/mol. The van der Waals surface area contributed by atoms with Crippen molar-refractivity contribution in [1.82, 2.24) is 9.47 Å². The van der Waals surface area contributed by atoms with E-state index in [1.165, 1.54) is 0 Å². The van der Waals surface area contributed by atoms with Crippen molar-refractivity contribution in [2.45, 2.75) is 6.54 Å². The van der Waals surface area contributed by atoms with Gasteiger partial charge in [-0.25, -0.2) is 0 Å². The Morgan fingerprint density at radius 2 is 2.35 bits per heavy atom. The number of amides is 1. The Hall–Kier alpha value is -1.49. The molecular weight excluding hydrogens is 284 g/mol. The Labute approximate surface area is 108 Å².